The Hall–Kier alpha value is -2.37. The van der Waals surface area contributed by atoms with E-state index in [9.17, 15) is 4.39 Å². The molecule has 1 aromatic heterocycles. The molecule has 6 heteroatoms. The van der Waals surface area contributed by atoms with Gasteiger partial charge in [0.15, 0.2) is 0 Å². The average molecular weight is 414 g/mol. The lowest BCUT2D eigenvalue weighted by Gasteiger charge is -2.14. The fourth-order valence-corrected chi connectivity index (χ4v) is 3.76. The Bertz CT molecular complexity index is 982. The minimum atomic E-state index is -0.283. The van der Waals surface area contributed by atoms with Crippen molar-refractivity contribution in [1.82, 2.24) is 14.5 Å². The smallest absolute Gasteiger partial charge is 0.123 e. The highest BCUT2D eigenvalue weighted by molar-refractivity contribution is 6.30. The molecule has 1 aliphatic rings. The van der Waals surface area contributed by atoms with E-state index in [4.69, 9.17) is 21.3 Å². The highest BCUT2D eigenvalue weighted by Crippen LogP contribution is 2.30. The molecule has 152 valence electrons. The number of rotatable bonds is 8. The van der Waals surface area contributed by atoms with Crippen LogP contribution in [-0.2, 0) is 13.0 Å². The van der Waals surface area contributed by atoms with E-state index in [2.05, 4.69) is 22.7 Å². The van der Waals surface area contributed by atoms with Crippen LogP contribution in [0, 0.1) is 11.7 Å². The van der Waals surface area contributed by atoms with Gasteiger partial charge in [0.1, 0.15) is 17.4 Å². The van der Waals surface area contributed by atoms with E-state index in [1.165, 1.54) is 25.0 Å². The number of imidazole rings is 1. The van der Waals surface area contributed by atoms with Crippen molar-refractivity contribution < 1.29 is 9.13 Å². The number of hydrogen-bond acceptors (Lipinski definition) is 3. The first kappa shape index (κ1) is 19.9. The predicted octanol–water partition coefficient (Wildman–Crippen LogP) is 5.11. The molecule has 0 amide bonds. The topological polar surface area (TPSA) is 30.3 Å². The molecule has 0 saturated heterocycles. The first-order valence-corrected chi connectivity index (χ1v) is 10.2. The lowest BCUT2D eigenvalue weighted by Crippen LogP contribution is -2.20. The molecule has 0 atom stereocenters. The Labute approximate surface area is 175 Å². The summed E-state index contributed by atoms with van der Waals surface area (Å²) in [6.45, 7) is 1.88. The maximum absolute atomic E-state index is 13.9. The van der Waals surface area contributed by atoms with E-state index in [0.29, 0.717) is 17.2 Å². The number of methoxy groups -OCH3 is 1. The SMILES string of the molecule is COc1ccc(F)cc1Cc1nc(CN(C)CC2CC2)cn1-c1ccc(Cl)cc1. The zero-order chi connectivity index (χ0) is 20.4. The molecule has 1 heterocycles. The Morgan fingerprint density at radius 3 is 2.66 bits per heavy atom. The van der Waals surface area contributed by atoms with Gasteiger partial charge in [-0.1, -0.05) is 11.6 Å². The zero-order valence-electron chi connectivity index (χ0n) is 16.7. The molecule has 3 aromatic rings. The van der Waals surface area contributed by atoms with Crippen LogP contribution >= 0.6 is 11.6 Å². The number of benzene rings is 2. The van der Waals surface area contributed by atoms with Crippen molar-refractivity contribution in [3.8, 4) is 11.4 Å². The van der Waals surface area contributed by atoms with Crippen LogP contribution in [0.25, 0.3) is 5.69 Å². The van der Waals surface area contributed by atoms with Crippen molar-refractivity contribution >= 4 is 11.6 Å². The molecule has 0 radical (unpaired) electrons. The molecular formula is C23H25ClFN3O. The van der Waals surface area contributed by atoms with Crippen LogP contribution in [0.1, 0.15) is 29.9 Å². The van der Waals surface area contributed by atoms with Gasteiger partial charge in [-0.3, -0.25) is 0 Å². The first-order chi connectivity index (χ1) is 14.0. The fraction of sp³-hybridized carbons (Fsp3) is 0.348. The van der Waals surface area contributed by atoms with Crippen LogP contribution < -0.4 is 4.74 Å². The minimum Gasteiger partial charge on any atom is -0.496 e. The Morgan fingerprint density at radius 1 is 1.21 bits per heavy atom. The largest absolute Gasteiger partial charge is 0.496 e. The molecule has 29 heavy (non-hydrogen) atoms. The van der Waals surface area contributed by atoms with Gasteiger partial charge in [0.2, 0.25) is 0 Å². The number of nitrogens with zero attached hydrogens (tertiary/aromatic N) is 3. The summed E-state index contributed by atoms with van der Waals surface area (Å²) in [5.41, 5.74) is 2.74. The maximum Gasteiger partial charge on any atom is 0.123 e. The molecule has 0 spiro atoms. The third-order valence-electron chi connectivity index (χ3n) is 5.22. The van der Waals surface area contributed by atoms with Crippen molar-refractivity contribution in [2.24, 2.45) is 5.92 Å². The standard InChI is InChI=1S/C23H25ClFN3O/c1-27(13-16-3-4-16)14-20-15-28(21-8-5-18(24)6-9-21)23(26-20)12-17-11-19(25)7-10-22(17)29-2/h5-11,15-16H,3-4,12-14H2,1-2H3. The van der Waals surface area contributed by atoms with E-state index in [1.54, 1.807) is 13.2 Å². The van der Waals surface area contributed by atoms with Crippen LogP contribution in [-0.4, -0.2) is 35.2 Å². The predicted molar refractivity (Wildman–Crippen MR) is 113 cm³/mol. The lowest BCUT2D eigenvalue weighted by atomic mass is 10.1. The van der Waals surface area contributed by atoms with Crippen LogP contribution in [0.4, 0.5) is 4.39 Å². The summed E-state index contributed by atoms with van der Waals surface area (Å²) in [6.07, 6.45) is 5.19. The second-order valence-electron chi connectivity index (χ2n) is 7.77. The number of halogens is 2. The third-order valence-corrected chi connectivity index (χ3v) is 5.48. The van der Waals surface area contributed by atoms with Gasteiger partial charge in [0.25, 0.3) is 0 Å². The summed E-state index contributed by atoms with van der Waals surface area (Å²) in [5.74, 6) is 2.04. The Balaban J connectivity index is 1.66. The summed E-state index contributed by atoms with van der Waals surface area (Å²) in [5, 5.41) is 0.687. The average Bonchev–Trinajstić information content (AvgIpc) is 3.42. The summed E-state index contributed by atoms with van der Waals surface area (Å²) in [4.78, 5) is 7.21. The molecule has 4 nitrogen and oxygen atoms in total. The maximum atomic E-state index is 13.9. The van der Waals surface area contributed by atoms with Gasteiger partial charge in [-0.05, 0) is 68.3 Å². The monoisotopic (exact) mass is 413 g/mol. The number of hydrogen-bond donors (Lipinski definition) is 0. The van der Waals surface area contributed by atoms with E-state index >= 15 is 0 Å². The third kappa shape index (κ3) is 4.98. The summed E-state index contributed by atoms with van der Waals surface area (Å²) in [6, 6.07) is 12.2. The van der Waals surface area contributed by atoms with Crippen LogP contribution in [0.15, 0.2) is 48.7 Å². The molecule has 1 saturated carbocycles. The highest BCUT2D eigenvalue weighted by Gasteiger charge is 2.23. The van der Waals surface area contributed by atoms with Gasteiger partial charge in [-0.15, -0.1) is 0 Å². The van der Waals surface area contributed by atoms with Gasteiger partial charge >= 0.3 is 0 Å². The van der Waals surface area contributed by atoms with E-state index in [0.717, 1.165) is 41.8 Å². The van der Waals surface area contributed by atoms with Gasteiger partial charge in [-0.25, -0.2) is 9.37 Å². The van der Waals surface area contributed by atoms with Crippen LogP contribution in [0.3, 0.4) is 0 Å². The van der Waals surface area contributed by atoms with E-state index in [-0.39, 0.29) is 5.82 Å². The van der Waals surface area contributed by atoms with E-state index < -0.39 is 0 Å². The van der Waals surface area contributed by atoms with Crippen LogP contribution in [0.2, 0.25) is 5.02 Å². The molecular weight excluding hydrogens is 389 g/mol. The molecule has 0 unspecified atom stereocenters. The fourth-order valence-electron chi connectivity index (χ4n) is 3.64. The minimum absolute atomic E-state index is 0.283. The second-order valence-corrected chi connectivity index (χ2v) is 8.20. The molecule has 0 aliphatic heterocycles. The summed E-state index contributed by atoms with van der Waals surface area (Å²) in [7, 11) is 3.73. The number of ether oxygens (including phenoxy) is 1. The van der Waals surface area contributed by atoms with E-state index in [1.807, 2.05) is 24.3 Å². The summed E-state index contributed by atoms with van der Waals surface area (Å²) < 4.78 is 21.3. The van der Waals surface area contributed by atoms with Gasteiger partial charge in [0, 0.05) is 42.0 Å². The molecule has 0 N–H and O–H groups in total. The lowest BCUT2D eigenvalue weighted by molar-refractivity contribution is 0.310. The van der Waals surface area contributed by atoms with Gasteiger partial charge in [0.05, 0.1) is 12.8 Å². The molecule has 2 aromatic carbocycles. The first-order valence-electron chi connectivity index (χ1n) is 9.86. The van der Waals surface area contributed by atoms with Crippen molar-refractivity contribution in [3.05, 3.63) is 76.6 Å². The highest BCUT2D eigenvalue weighted by atomic mass is 35.5. The summed E-state index contributed by atoms with van der Waals surface area (Å²) >= 11 is 6.06. The molecule has 1 fully saturated rings. The second kappa shape index (κ2) is 8.56. The van der Waals surface area contributed by atoms with Crippen LogP contribution in [0.5, 0.6) is 5.75 Å². The molecule has 1 aliphatic carbocycles. The molecule has 4 rings (SSSR count). The molecule has 0 bridgehead atoms. The van der Waals surface area contributed by atoms with Gasteiger partial charge in [-0.2, -0.15) is 0 Å². The zero-order valence-corrected chi connectivity index (χ0v) is 17.5. The van der Waals surface area contributed by atoms with Crippen molar-refractivity contribution in [3.63, 3.8) is 0 Å². The quantitative estimate of drug-likeness (QED) is 0.514. The Morgan fingerprint density at radius 2 is 1.97 bits per heavy atom. The van der Waals surface area contributed by atoms with Crippen molar-refractivity contribution in [2.45, 2.75) is 25.8 Å². The van der Waals surface area contributed by atoms with Gasteiger partial charge < -0.3 is 14.2 Å². The van der Waals surface area contributed by atoms with Crippen molar-refractivity contribution in [1.29, 1.82) is 0 Å². The normalized spacial score (nSPS) is 13.8. The van der Waals surface area contributed by atoms with Crippen molar-refractivity contribution in [2.75, 3.05) is 20.7 Å². The Kier molecular flexibility index (Phi) is 5.88. The number of aromatic nitrogens is 2.